The molecule has 4 rings (SSSR count). The largest absolute Gasteiger partial charge is 0.462 e. The van der Waals surface area contributed by atoms with Gasteiger partial charge in [0.1, 0.15) is 11.5 Å². The second-order valence-corrected chi connectivity index (χ2v) is 8.45. The van der Waals surface area contributed by atoms with E-state index in [1.165, 1.54) is 6.08 Å². The van der Waals surface area contributed by atoms with Crippen LogP contribution in [0.25, 0.3) is 17.4 Å². The number of rotatable bonds is 5. The van der Waals surface area contributed by atoms with Gasteiger partial charge in [0, 0.05) is 16.7 Å². The summed E-state index contributed by atoms with van der Waals surface area (Å²) in [5.41, 5.74) is 1.24. The number of amides is 2. The van der Waals surface area contributed by atoms with Crippen LogP contribution < -0.4 is 4.90 Å². The van der Waals surface area contributed by atoms with Gasteiger partial charge >= 0.3 is 5.97 Å². The van der Waals surface area contributed by atoms with E-state index in [1.807, 2.05) is 0 Å². The lowest BCUT2D eigenvalue weighted by atomic mass is 10.1. The van der Waals surface area contributed by atoms with Crippen molar-refractivity contribution in [3.63, 3.8) is 0 Å². The third-order valence-electron chi connectivity index (χ3n) is 4.51. The maximum atomic E-state index is 12.8. The summed E-state index contributed by atoms with van der Waals surface area (Å²) in [4.78, 5) is 38.6. The van der Waals surface area contributed by atoms with Crippen LogP contribution >= 0.6 is 35.0 Å². The van der Waals surface area contributed by atoms with Gasteiger partial charge in [0.25, 0.3) is 11.1 Å². The highest BCUT2D eigenvalue weighted by Crippen LogP contribution is 2.37. The quantitative estimate of drug-likeness (QED) is 0.295. The Kier molecular flexibility index (Phi) is 6.41. The van der Waals surface area contributed by atoms with Crippen molar-refractivity contribution in [3.8, 4) is 11.3 Å². The summed E-state index contributed by atoms with van der Waals surface area (Å²) in [5.74, 6) is -0.145. The number of anilines is 1. The van der Waals surface area contributed by atoms with Crippen LogP contribution in [0.5, 0.6) is 0 Å². The number of esters is 1. The summed E-state index contributed by atoms with van der Waals surface area (Å²) in [5, 5.41) is 0.270. The second-order valence-electron chi connectivity index (χ2n) is 6.61. The number of thioether (sulfide) groups is 1. The van der Waals surface area contributed by atoms with Gasteiger partial charge in [-0.05, 0) is 67.2 Å². The van der Waals surface area contributed by atoms with Crippen LogP contribution in [0.2, 0.25) is 10.0 Å². The molecular weight excluding hydrogens is 473 g/mol. The Morgan fingerprint density at radius 2 is 1.94 bits per heavy atom. The molecule has 0 unspecified atom stereocenters. The van der Waals surface area contributed by atoms with Crippen molar-refractivity contribution in [3.05, 3.63) is 80.9 Å². The molecule has 3 aromatic rings. The lowest BCUT2D eigenvalue weighted by molar-refractivity contribution is -0.113. The first-order chi connectivity index (χ1) is 15.4. The van der Waals surface area contributed by atoms with Crippen LogP contribution in [0.3, 0.4) is 0 Å². The number of hydrogen-bond acceptors (Lipinski definition) is 6. The third-order valence-corrected chi connectivity index (χ3v) is 5.94. The number of nitrogens with zero attached hydrogens (tertiary/aromatic N) is 1. The van der Waals surface area contributed by atoms with Crippen LogP contribution in [-0.2, 0) is 9.53 Å². The summed E-state index contributed by atoms with van der Waals surface area (Å²) >= 11 is 12.9. The molecule has 1 fully saturated rings. The molecule has 1 saturated heterocycles. The highest BCUT2D eigenvalue weighted by molar-refractivity contribution is 8.19. The van der Waals surface area contributed by atoms with Crippen molar-refractivity contribution >= 4 is 63.8 Å². The van der Waals surface area contributed by atoms with Gasteiger partial charge in [-0.25, -0.2) is 9.69 Å². The van der Waals surface area contributed by atoms with E-state index in [4.69, 9.17) is 32.4 Å². The molecule has 2 amide bonds. The summed E-state index contributed by atoms with van der Waals surface area (Å²) in [6.45, 7) is 1.94. The van der Waals surface area contributed by atoms with Gasteiger partial charge in [-0.15, -0.1) is 0 Å². The Labute approximate surface area is 197 Å². The molecule has 6 nitrogen and oxygen atoms in total. The number of furan rings is 1. The van der Waals surface area contributed by atoms with E-state index in [0.29, 0.717) is 27.8 Å². The lowest BCUT2D eigenvalue weighted by Gasteiger charge is -2.12. The van der Waals surface area contributed by atoms with Crippen LogP contribution in [0.15, 0.2) is 63.9 Å². The molecular formula is C23H15Cl2NO5S. The van der Waals surface area contributed by atoms with Gasteiger partial charge in [0.05, 0.1) is 27.8 Å². The second kappa shape index (κ2) is 9.24. The van der Waals surface area contributed by atoms with Crippen molar-refractivity contribution in [2.24, 2.45) is 0 Å². The van der Waals surface area contributed by atoms with Gasteiger partial charge in [-0.2, -0.15) is 0 Å². The van der Waals surface area contributed by atoms with Crippen molar-refractivity contribution < 1.29 is 23.5 Å². The Hall–Kier alpha value is -3.00. The summed E-state index contributed by atoms with van der Waals surface area (Å²) in [6, 6.07) is 14.8. The minimum Gasteiger partial charge on any atom is -0.462 e. The molecule has 0 radical (unpaired) electrons. The number of carbonyl (C=O) groups is 3. The Morgan fingerprint density at radius 1 is 1.12 bits per heavy atom. The molecule has 0 saturated carbocycles. The molecule has 1 aliphatic rings. The summed E-state index contributed by atoms with van der Waals surface area (Å²) in [6.07, 6.45) is 1.50. The molecule has 0 spiro atoms. The zero-order chi connectivity index (χ0) is 22.8. The zero-order valence-corrected chi connectivity index (χ0v) is 19.0. The standard InChI is InChI=1S/C23H15Cl2NO5S/c1-2-30-22(28)17-10-13(6-8-18(17)25)19-9-7-16(31-19)12-20-21(27)26(23(29)32-20)15-5-3-4-14(24)11-15/h3-12H,2H2,1H3/b20-12-. The van der Waals surface area contributed by atoms with Gasteiger partial charge < -0.3 is 9.15 Å². The van der Waals surface area contributed by atoms with E-state index >= 15 is 0 Å². The first kappa shape index (κ1) is 22.2. The molecule has 0 bridgehead atoms. The van der Waals surface area contributed by atoms with Crippen molar-refractivity contribution in [2.45, 2.75) is 6.92 Å². The molecule has 1 aromatic heterocycles. The fourth-order valence-corrected chi connectivity index (χ4v) is 4.26. The maximum absolute atomic E-state index is 12.8. The first-order valence-corrected chi connectivity index (χ1v) is 11.0. The van der Waals surface area contributed by atoms with Crippen molar-refractivity contribution in [1.82, 2.24) is 0 Å². The van der Waals surface area contributed by atoms with E-state index in [2.05, 4.69) is 0 Å². The predicted molar refractivity (Wildman–Crippen MR) is 125 cm³/mol. The SMILES string of the molecule is CCOC(=O)c1cc(-c2ccc(/C=C3\SC(=O)N(c4cccc(Cl)c4)C3=O)o2)ccc1Cl. The summed E-state index contributed by atoms with van der Waals surface area (Å²) < 4.78 is 10.8. The highest BCUT2D eigenvalue weighted by atomic mass is 35.5. The highest BCUT2D eigenvalue weighted by Gasteiger charge is 2.36. The van der Waals surface area contributed by atoms with E-state index in [0.717, 1.165) is 16.7 Å². The van der Waals surface area contributed by atoms with Gasteiger partial charge in [-0.3, -0.25) is 9.59 Å². The molecule has 0 N–H and O–H groups in total. The van der Waals surface area contributed by atoms with E-state index in [-0.39, 0.29) is 22.1 Å². The fraction of sp³-hybridized carbons (Fsp3) is 0.0870. The van der Waals surface area contributed by atoms with E-state index < -0.39 is 17.1 Å². The van der Waals surface area contributed by atoms with Crippen LogP contribution in [0.4, 0.5) is 10.5 Å². The summed E-state index contributed by atoms with van der Waals surface area (Å²) in [7, 11) is 0. The smallest absolute Gasteiger partial charge is 0.339 e. The molecule has 0 atom stereocenters. The molecule has 1 aliphatic heterocycles. The first-order valence-electron chi connectivity index (χ1n) is 9.47. The molecule has 2 heterocycles. The number of ether oxygens (including phenoxy) is 1. The Bertz CT molecular complexity index is 1270. The number of hydrogen-bond donors (Lipinski definition) is 0. The van der Waals surface area contributed by atoms with Crippen LogP contribution in [-0.4, -0.2) is 23.7 Å². The van der Waals surface area contributed by atoms with E-state index in [9.17, 15) is 14.4 Å². The average molecular weight is 488 g/mol. The maximum Gasteiger partial charge on any atom is 0.339 e. The fourth-order valence-electron chi connectivity index (χ4n) is 3.06. The van der Waals surface area contributed by atoms with Crippen LogP contribution in [0.1, 0.15) is 23.0 Å². The number of halogens is 2. The normalized spacial score (nSPS) is 15.0. The van der Waals surface area contributed by atoms with Gasteiger partial charge in [0.2, 0.25) is 0 Å². The number of imide groups is 1. The van der Waals surface area contributed by atoms with Gasteiger partial charge in [-0.1, -0.05) is 29.3 Å². The van der Waals surface area contributed by atoms with Crippen molar-refractivity contribution in [1.29, 1.82) is 0 Å². The average Bonchev–Trinajstić information content (AvgIpc) is 3.33. The van der Waals surface area contributed by atoms with E-state index in [1.54, 1.807) is 61.5 Å². The molecule has 0 aliphatic carbocycles. The lowest BCUT2D eigenvalue weighted by Crippen LogP contribution is -2.27. The Morgan fingerprint density at radius 3 is 2.69 bits per heavy atom. The minimum absolute atomic E-state index is 0.221. The topological polar surface area (TPSA) is 76.8 Å². The van der Waals surface area contributed by atoms with Crippen molar-refractivity contribution in [2.75, 3.05) is 11.5 Å². The number of carbonyl (C=O) groups excluding carboxylic acids is 3. The number of benzene rings is 2. The monoisotopic (exact) mass is 487 g/mol. The minimum atomic E-state index is -0.527. The van der Waals surface area contributed by atoms with Gasteiger partial charge in [0.15, 0.2) is 0 Å². The zero-order valence-electron chi connectivity index (χ0n) is 16.6. The molecule has 32 heavy (non-hydrogen) atoms. The molecule has 162 valence electrons. The molecule has 2 aromatic carbocycles. The predicted octanol–water partition coefficient (Wildman–Crippen LogP) is 6.67. The third kappa shape index (κ3) is 4.46. The molecule has 9 heteroatoms. The Balaban J connectivity index is 1.60. The van der Waals surface area contributed by atoms with Crippen LogP contribution in [0, 0.1) is 0 Å².